The monoisotopic (exact) mass is 232 g/mol. The molecule has 0 saturated heterocycles. The van der Waals surface area contributed by atoms with Crippen LogP contribution in [0.1, 0.15) is 51.9 Å². The third-order valence-electron chi connectivity index (χ3n) is 2.14. The summed E-state index contributed by atoms with van der Waals surface area (Å²) in [5.74, 6) is -3.01. The topological polar surface area (TPSA) is 72.8 Å². The van der Waals surface area contributed by atoms with E-state index < -0.39 is 11.9 Å². The van der Waals surface area contributed by atoms with Gasteiger partial charge in [0.2, 0.25) is 0 Å². The molecule has 0 aromatic rings. The minimum atomic E-state index is -1.64. The Morgan fingerprint density at radius 2 is 1.56 bits per heavy atom. The Labute approximate surface area is 95.7 Å². The van der Waals surface area contributed by atoms with Crippen molar-refractivity contribution < 1.29 is 24.5 Å². The van der Waals surface area contributed by atoms with E-state index in [2.05, 4.69) is 16.7 Å². The van der Waals surface area contributed by atoms with Crippen LogP contribution in [0.2, 0.25) is 0 Å². The highest BCUT2D eigenvalue weighted by Crippen LogP contribution is 2.06. The summed E-state index contributed by atoms with van der Waals surface area (Å²) in [5, 5.41) is 8.15. The predicted octanol–water partition coefficient (Wildman–Crippen LogP) is 2.30. The number of hydrogen-bond donors (Lipinski definition) is 1. The van der Waals surface area contributed by atoms with Crippen molar-refractivity contribution in [3.63, 3.8) is 0 Å². The Bertz CT molecular complexity index is 203. The summed E-state index contributed by atoms with van der Waals surface area (Å²) in [6.45, 7) is 2.43. The van der Waals surface area contributed by atoms with E-state index in [4.69, 9.17) is 5.11 Å². The molecule has 5 heteroatoms. The van der Waals surface area contributed by atoms with Gasteiger partial charge in [-0.05, 0) is 6.42 Å². The first kappa shape index (κ1) is 14.9. The van der Waals surface area contributed by atoms with Crippen LogP contribution in [0.3, 0.4) is 0 Å². The second-order valence-electron chi connectivity index (χ2n) is 3.62. The van der Waals surface area contributed by atoms with Gasteiger partial charge in [-0.2, -0.15) is 4.89 Å². The largest absolute Gasteiger partial charge is 0.473 e. The lowest BCUT2D eigenvalue weighted by Gasteiger charge is -2.01. The molecule has 0 bridgehead atoms. The zero-order valence-corrected chi connectivity index (χ0v) is 9.74. The van der Waals surface area contributed by atoms with Crippen LogP contribution in [0.15, 0.2) is 0 Å². The number of carboxylic acids is 1. The third-order valence-corrected chi connectivity index (χ3v) is 2.14. The fraction of sp³-hybridized carbons (Fsp3) is 0.818. The number of hydrogen-bond acceptors (Lipinski definition) is 4. The molecule has 0 rings (SSSR count). The van der Waals surface area contributed by atoms with E-state index in [0.29, 0.717) is 0 Å². The van der Waals surface area contributed by atoms with Gasteiger partial charge in [0.1, 0.15) is 0 Å². The summed E-state index contributed by atoms with van der Waals surface area (Å²) in [5.41, 5.74) is 0. The van der Waals surface area contributed by atoms with E-state index in [1.54, 1.807) is 0 Å². The highest BCUT2D eigenvalue weighted by molar-refractivity contribution is 6.28. The van der Waals surface area contributed by atoms with Gasteiger partial charge in [0, 0.05) is 0 Å². The second kappa shape index (κ2) is 10.4. The zero-order chi connectivity index (χ0) is 12.2. The predicted molar refractivity (Wildman–Crippen MR) is 57.7 cm³/mol. The molecule has 0 aliphatic carbocycles. The van der Waals surface area contributed by atoms with Crippen molar-refractivity contribution in [1.29, 1.82) is 0 Å². The molecule has 0 atom stereocenters. The van der Waals surface area contributed by atoms with Crippen LogP contribution in [-0.4, -0.2) is 23.7 Å². The van der Waals surface area contributed by atoms with E-state index in [9.17, 15) is 9.59 Å². The minimum Gasteiger partial charge on any atom is -0.473 e. The Hall–Kier alpha value is -1.10. The highest BCUT2D eigenvalue weighted by Gasteiger charge is 2.13. The van der Waals surface area contributed by atoms with Crippen LogP contribution >= 0.6 is 0 Å². The van der Waals surface area contributed by atoms with Crippen molar-refractivity contribution in [2.24, 2.45) is 0 Å². The second-order valence-corrected chi connectivity index (χ2v) is 3.62. The minimum absolute atomic E-state index is 0.257. The van der Waals surface area contributed by atoms with Crippen molar-refractivity contribution in [3.05, 3.63) is 0 Å². The molecule has 0 radical (unpaired) electrons. The van der Waals surface area contributed by atoms with Gasteiger partial charge in [0.15, 0.2) is 0 Å². The van der Waals surface area contributed by atoms with Crippen LogP contribution in [0, 0.1) is 0 Å². The first-order chi connectivity index (χ1) is 7.68. The van der Waals surface area contributed by atoms with Gasteiger partial charge >= 0.3 is 11.9 Å². The molecule has 5 nitrogen and oxygen atoms in total. The molecule has 94 valence electrons. The first-order valence-electron chi connectivity index (χ1n) is 5.75. The molecule has 0 unspecified atom stereocenters. The summed E-state index contributed by atoms with van der Waals surface area (Å²) in [7, 11) is 0. The molecule has 1 N–H and O–H groups in total. The van der Waals surface area contributed by atoms with Crippen LogP contribution in [0.5, 0.6) is 0 Å². The van der Waals surface area contributed by atoms with E-state index in [1.807, 2.05) is 0 Å². The molecule has 0 aliphatic heterocycles. The highest BCUT2D eigenvalue weighted by atomic mass is 17.2. The molecule has 0 saturated carbocycles. The molecule has 0 aromatic heterocycles. The smallest absolute Gasteiger partial charge is 0.449 e. The lowest BCUT2D eigenvalue weighted by Crippen LogP contribution is -2.16. The van der Waals surface area contributed by atoms with E-state index in [0.717, 1.165) is 19.3 Å². The molecule has 0 spiro atoms. The Morgan fingerprint density at radius 3 is 2.12 bits per heavy atom. The van der Waals surface area contributed by atoms with Crippen LogP contribution in [0.4, 0.5) is 0 Å². The fourth-order valence-electron chi connectivity index (χ4n) is 1.25. The van der Waals surface area contributed by atoms with Gasteiger partial charge in [-0.3, -0.25) is 4.89 Å². The maximum absolute atomic E-state index is 10.4. The molecule has 0 aliphatic rings. The summed E-state index contributed by atoms with van der Waals surface area (Å²) in [6, 6.07) is 0. The van der Waals surface area contributed by atoms with Crippen molar-refractivity contribution >= 4 is 11.9 Å². The first-order valence-corrected chi connectivity index (χ1v) is 5.75. The molecule has 0 amide bonds. The quantitative estimate of drug-likeness (QED) is 0.286. The standard InChI is InChI=1S/C11H20O5/c1-2-3-4-5-6-7-8-9-15-16-11(14)10(12)13/h2-9H2,1H3,(H,12,13). The average molecular weight is 232 g/mol. The summed E-state index contributed by atoms with van der Waals surface area (Å²) >= 11 is 0. The van der Waals surface area contributed by atoms with Gasteiger partial charge in [0.25, 0.3) is 0 Å². The summed E-state index contributed by atoms with van der Waals surface area (Å²) in [6.07, 6.45) is 7.89. The number of aliphatic carboxylic acids is 1. The Kier molecular flexibility index (Phi) is 9.70. The Morgan fingerprint density at radius 1 is 1.00 bits per heavy atom. The van der Waals surface area contributed by atoms with E-state index in [-0.39, 0.29) is 6.61 Å². The van der Waals surface area contributed by atoms with Crippen molar-refractivity contribution in [1.82, 2.24) is 0 Å². The van der Waals surface area contributed by atoms with Crippen molar-refractivity contribution in [3.8, 4) is 0 Å². The van der Waals surface area contributed by atoms with Crippen LogP contribution in [0.25, 0.3) is 0 Å². The molecule has 0 heterocycles. The normalized spacial score (nSPS) is 10.1. The fourth-order valence-corrected chi connectivity index (χ4v) is 1.25. The Balaban J connectivity index is 3.10. The van der Waals surface area contributed by atoms with Gasteiger partial charge in [-0.15, -0.1) is 0 Å². The van der Waals surface area contributed by atoms with Crippen LogP contribution < -0.4 is 0 Å². The van der Waals surface area contributed by atoms with Crippen molar-refractivity contribution in [2.45, 2.75) is 51.9 Å². The zero-order valence-electron chi connectivity index (χ0n) is 9.74. The number of carbonyl (C=O) groups excluding carboxylic acids is 1. The number of rotatable bonds is 9. The number of carbonyl (C=O) groups is 2. The maximum Gasteiger partial charge on any atom is 0.449 e. The number of carboxylic acid groups (broad SMARTS) is 1. The molecular weight excluding hydrogens is 212 g/mol. The number of unbranched alkanes of at least 4 members (excludes halogenated alkanes) is 6. The lowest BCUT2D eigenvalue weighted by atomic mass is 10.1. The van der Waals surface area contributed by atoms with E-state index >= 15 is 0 Å². The maximum atomic E-state index is 10.4. The van der Waals surface area contributed by atoms with Gasteiger partial charge in [-0.25, -0.2) is 9.59 Å². The third kappa shape index (κ3) is 9.45. The summed E-state index contributed by atoms with van der Waals surface area (Å²) in [4.78, 5) is 28.9. The van der Waals surface area contributed by atoms with Crippen molar-refractivity contribution in [2.75, 3.05) is 6.61 Å². The SMILES string of the molecule is CCCCCCCCCOOC(=O)C(=O)O. The average Bonchev–Trinajstić information content (AvgIpc) is 2.26. The van der Waals surface area contributed by atoms with Crippen LogP contribution in [-0.2, 0) is 19.4 Å². The van der Waals surface area contributed by atoms with Gasteiger partial charge < -0.3 is 5.11 Å². The molecule has 0 fully saturated rings. The van der Waals surface area contributed by atoms with E-state index in [1.165, 1.54) is 25.7 Å². The summed E-state index contributed by atoms with van der Waals surface area (Å²) < 4.78 is 0. The van der Waals surface area contributed by atoms with Gasteiger partial charge in [-0.1, -0.05) is 45.4 Å². The molecule has 16 heavy (non-hydrogen) atoms. The van der Waals surface area contributed by atoms with Gasteiger partial charge in [0.05, 0.1) is 6.61 Å². The molecular formula is C11H20O5. The lowest BCUT2D eigenvalue weighted by molar-refractivity contribution is -0.272. The molecule has 0 aromatic carbocycles.